The monoisotopic (exact) mass is 232 g/mol. The van der Waals surface area contributed by atoms with Crippen molar-refractivity contribution in [3.8, 4) is 0 Å². The van der Waals surface area contributed by atoms with Crippen LogP contribution >= 0.6 is 17.0 Å². The van der Waals surface area contributed by atoms with Gasteiger partial charge in [-0.3, -0.25) is 0 Å². The van der Waals surface area contributed by atoms with Gasteiger partial charge in [-0.25, -0.2) is 0 Å². The Morgan fingerprint density at radius 2 is 1.50 bits per heavy atom. The van der Waals surface area contributed by atoms with E-state index in [0.29, 0.717) is 0 Å². The Bertz CT molecular complexity index is 25.6. The summed E-state index contributed by atoms with van der Waals surface area (Å²) >= 11 is 0. The normalized spacial score (nSPS) is 15.0. The zero-order valence-electron chi connectivity index (χ0n) is 4.92. The number of hydrogen-bond donors (Lipinski definition) is 0. The Kier molecular flexibility index (Phi) is 21.8. The zero-order valence-corrected chi connectivity index (χ0v) is 9.60. The van der Waals surface area contributed by atoms with E-state index in [0.717, 1.165) is 13.2 Å². The van der Waals surface area contributed by atoms with E-state index >= 15 is 0 Å². The molecule has 4 heteroatoms. The van der Waals surface area contributed by atoms with E-state index < -0.39 is 0 Å². The van der Waals surface area contributed by atoms with Crippen molar-refractivity contribution < 1.29 is 29.0 Å². The van der Waals surface area contributed by atoms with E-state index in [1.807, 2.05) is 0 Å². The molecule has 0 unspecified atom stereocenters. The summed E-state index contributed by atoms with van der Waals surface area (Å²) in [5.41, 5.74) is 0. The predicted molar refractivity (Wildman–Crippen MR) is 32.9 cm³/mol. The van der Waals surface area contributed by atoms with Crippen molar-refractivity contribution in [3.63, 3.8) is 0 Å². The maximum Gasteiger partial charge on any atom is 2.00 e. The van der Waals surface area contributed by atoms with Crippen LogP contribution in [0.4, 0.5) is 0 Å². The van der Waals surface area contributed by atoms with Crippen molar-refractivity contribution in [2.75, 3.05) is 13.2 Å². The number of rotatable bonds is 0. The predicted octanol–water partition coefficient (Wildman–Crippen LogP) is 1.18. The van der Waals surface area contributed by atoms with Gasteiger partial charge in [-0.05, 0) is 0 Å². The quantitative estimate of drug-likeness (QED) is 0.463. The molecule has 8 heavy (non-hydrogen) atoms. The third-order valence-electron chi connectivity index (χ3n) is 0.455. The van der Waals surface area contributed by atoms with Gasteiger partial charge in [0.15, 0.2) is 0 Å². The fraction of sp³-hybridized carbons (Fsp3) is 0.500. The number of hydrogen-bond acceptors (Lipinski definition) is 2. The van der Waals surface area contributed by atoms with Crippen molar-refractivity contribution in [1.82, 2.24) is 0 Å². The summed E-state index contributed by atoms with van der Waals surface area (Å²) in [6.07, 6.45) is 0. The molecule has 0 aromatic carbocycles. The van der Waals surface area contributed by atoms with Crippen LogP contribution in [0, 0.1) is 14.2 Å². The minimum Gasteiger partial charge on any atom is -0.523 e. The fourth-order valence-corrected chi connectivity index (χ4v) is 0.241. The third-order valence-corrected chi connectivity index (χ3v) is 0.455. The molecule has 46 valence electrons. The molecule has 0 spiro atoms. The number of halogens is 1. The Labute approximate surface area is 73.5 Å². The van der Waals surface area contributed by atoms with E-state index in [1.165, 1.54) is 6.79 Å². The maximum absolute atomic E-state index is 4.60. The summed E-state index contributed by atoms with van der Waals surface area (Å²) in [6, 6.07) is 0. The van der Waals surface area contributed by atoms with Gasteiger partial charge in [0, 0.05) is 13.2 Å². The van der Waals surface area contributed by atoms with Crippen molar-refractivity contribution in [2.24, 2.45) is 0 Å². The molecule has 0 saturated carbocycles. The molecule has 0 amide bonds. The van der Waals surface area contributed by atoms with Crippen LogP contribution in [0.1, 0.15) is 0 Å². The molecular formula is C4H9BrO2Zn. The first-order chi connectivity index (χ1) is 2.50. The van der Waals surface area contributed by atoms with Gasteiger partial charge in [0.2, 0.25) is 0 Å². The average molecular weight is 234 g/mol. The van der Waals surface area contributed by atoms with Crippen molar-refractivity contribution in [1.29, 1.82) is 0 Å². The third kappa shape index (κ3) is 7.02. The molecule has 1 saturated heterocycles. The van der Waals surface area contributed by atoms with Gasteiger partial charge < -0.3 is 16.9 Å². The molecule has 0 atom stereocenters. The van der Waals surface area contributed by atoms with Gasteiger partial charge in [0.1, 0.15) is 0 Å². The van der Waals surface area contributed by atoms with E-state index in [9.17, 15) is 0 Å². The molecule has 0 aromatic heterocycles. The van der Waals surface area contributed by atoms with Crippen LogP contribution in [0.2, 0.25) is 0 Å². The van der Waals surface area contributed by atoms with Gasteiger partial charge in [-0.15, -0.1) is 17.0 Å². The molecule has 1 aliphatic rings. The fourth-order valence-electron chi connectivity index (χ4n) is 0.241. The first kappa shape index (κ1) is 16.0. The summed E-state index contributed by atoms with van der Waals surface area (Å²) < 4.78 is 9.19. The Hall–Kier alpha value is 1.02. The van der Waals surface area contributed by atoms with Gasteiger partial charge >= 0.3 is 19.5 Å². The largest absolute Gasteiger partial charge is 2.00 e. The second-order valence-electron chi connectivity index (χ2n) is 0.838. The molecule has 0 radical (unpaired) electrons. The molecule has 0 N–H and O–H groups in total. The minimum atomic E-state index is 0. The summed E-state index contributed by atoms with van der Waals surface area (Å²) in [6.45, 7) is 2.81. The molecule has 1 heterocycles. The molecule has 1 aliphatic heterocycles. The van der Waals surface area contributed by atoms with E-state index in [2.05, 4.69) is 9.47 Å². The molecular weight excluding hydrogens is 225 g/mol. The Morgan fingerprint density at radius 1 is 1.12 bits per heavy atom. The van der Waals surface area contributed by atoms with Crippen molar-refractivity contribution in [3.05, 3.63) is 14.2 Å². The molecule has 1 rings (SSSR count). The van der Waals surface area contributed by atoms with Crippen LogP contribution < -0.4 is 0 Å². The summed E-state index contributed by atoms with van der Waals surface area (Å²) in [5.74, 6) is 0. The standard InChI is InChI=1S/C3H5O2.CH3.BrH.Zn/c1-2-5-3-4-1;;;/h3H,1-2H2;1H3;1H;/q2*-1;;+2. The number of ether oxygens (including phenoxy) is 2. The average Bonchev–Trinajstić information content (AvgIpc) is 1.76. The molecule has 0 aliphatic carbocycles. The van der Waals surface area contributed by atoms with Gasteiger partial charge in [0.25, 0.3) is 0 Å². The van der Waals surface area contributed by atoms with Gasteiger partial charge in [-0.2, -0.15) is 0 Å². The second-order valence-corrected chi connectivity index (χ2v) is 0.838. The molecule has 0 aromatic rings. The van der Waals surface area contributed by atoms with Crippen LogP contribution in [0.15, 0.2) is 0 Å². The topological polar surface area (TPSA) is 18.5 Å². The van der Waals surface area contributed by atoms with Crippen LogP contribution in [-0.4, -0.2) is 13.2 Å². The first-order valence-corrected chi connectivity index (χ1v) is 1.55. The Morgan fingerprint density at radius 3 is 1.62 bits per heavy atom. The van der Waals surface area contributed by atoms with E-state index in [4.69, 9.17) is 0 Å². The van der Waals surface area contributed by atoms with Crippen LogP contribution in [0.3, 0.4) is 0 Å². The van der Waals surface area contributed by atoms with Crippen molar-refractivity contribution >= 4 is 17.0 Å². The van der Waals surface area contributed by atoms with Gasteiger partial charge in [0.05, 0.1) is 0 Å². The summed E-state index contributed by atoms with van der Waals surface area (Å²) in [5, 5.41) is 0. The van der Waals surface area contributed by atoms with Crippen LogP contribution in [0.25, 0.3) is 0 Å². The minimum absolute atomic E-state index is 0. The molecule has 2 nitrogen and oxygen atoms in total. The molecule has 1 fully saturated rings. The Balaban J connectivity index is -0.0000000833. The van der Waals surface area contributed by atoms with E-state index in [-0.39, 0.29) is 43.9 Å². The first-order valence-electron chi connectivity index (χ1n) is 1.55. The SMILES string of the molecule is Br.[CH-]1OCCO1.[CH3-].[Zn+2]. The maximum atomic E-state index is 4.60. The smallest absolute Gasteiger partial charge is 0.523 e. The summed E-state index contributed by atoms with van der Waals surface area (Å²) in [4.78, 5) is 0. The van der Waals surface area contributed by atoms with E-state index in [1.54, 1.807) is 0 Å². The van der Waals surface area contributed by atoms with Crippen LogP contribution in [0.5, 0.6) is 0 Å². The van der Waals surface area contributed by atoms with Crippen LogP contribution in [-0.2, 0) is 29.0 Å². The molecule has 0 bridgehead atoms. The van der Waals surface area contributed by atoms with Gasteiger partial charge in [-0.1, -0.05) is 6.79 Å². The van der Waals surface area contributed by atoms with Crippen molar-refractivity contribution in [2.45, 2.75) is 0 Å². The second kappa shape index (κ2) is 10.9. The summed E-state index contributed by atoms with van der Waals surface area (Å²) in [7, 11) is 0. The zero-order chi connectivity index (χ0) is 3.54.